The second kappa shape index (κ2) is 2.85. The van der Waals surface area contributed by atoms with Gasteiger partial charge in [0, 0.05) is 0 Å². The molecule has 0 aliphatic heterocycles. The van der Waals surface area contributed by atoms with E-state index < -0.39 is 5.54 Å². The number of hydrogen-bond acceptors (Lipinski definition) is 3. The van der Waals surface area contributed by atoms with Crippen molar-refractivity contribution in [2.24, 2.45) is 5.73 Å². The number of para-hydroxylation sites is 1. The van der Waals surface area contributed by atoms with Gasteiger partial charge in [0.25, 0.3) is 0 Å². The Kier molecular flexibility index (Phi) is 1.81. The van der Waals surface area contributed by atoms with Gasteiger partial charge in [0.2, 0.25) is 0 Å². The molecule has 2 N–H and O–H groups in total. The Morgan fingerprint density at radius 2 is 1.92 bits per heavy atom. The SMILES string of the molecule is NC1(C(=O)Oc2ccccc2)CC1. The molecule has 1 fully saturated rings. The van der Waals surface area contributed by atoms with E-state index in [1.54, 1.807) is 12.1 Å². The molecule has 1 aliphatic carbocycles. The minimum atomic E-state index is -0.699. The summed E-state index contributed by atoms with van der Waals surface area (Å²) in [6.07, 6.45) is 1.47. The first-order valence-corrected chi connectivity index (χ1v) is 4.27. The van der Waals surface area contributed by atoms with Crippen LogP contribution in [-0.2, 0) is 4.79 Å². The summed E-state index contributed by atoms with van der Waals surface area (Å²) < 4.78 is 5.08. The quantitative estimate of drug-likeness (QED) is 0.543. The van der Waals surface area contributed by atoms with Crippen molar-refractivity contribution < 1.29 is 9.53 Å². The van der Waals surface area contributed by atoms with Crippen molar-refractivity contribution in [3.8, 4) is 5.75 Å². The molecule has 1 aromatic carbocycles. The lowest BCUT2D eigenvalue weighted by Crippen LogP contribution is -2.36. The molecule has 0 heterocycles. The maximum Gasteiger partial charge on any atom is 0.331 e. The lowest BCUT2D eigenvalue weighted by molar-refractivity contribution is -0.136. The van der Waals surface area contributed by atoms with Gasteiger partial charge in [-0.05, 0) is 25.0 Å². The Hall–Kier alpha value is -1.35. The zero-order chi connectivity index (χ0) is 9.31. The zero-order valence-corrected chi connectivity index (χ0v) is 7.19. The van der Waals surface area contributed by atoms with E-state index in [1.165, 1.54) is 0 Å². The van der Waals surface area contributed by atoms with Crippen LogP contribution in [0.1, 0.15) is 12.8 Å². The molecular formula is C10H11NO2. The first-order chi connectivity index (χ1) is 6.21. The van der Waals surface area contributed by atoms with Crippen LogP contribution in [0.3, 0.4) is 0 Å². The third-order valence-corrected chi connectivity index (χ3v) is 2.15. The average Bonchev–Trinajstić information content (AvgIpc) is 2.87. The summed E-state index contributed by atoms with van der Waals surface area (Å²) in [6.45, 7) is 0. The number of ether oxygens (including phenoxy) is 1. The maximum absolute atomic E-state index is 11.3. The first kappa shape index (κ1) is 8.26. The van der Waals surface area contributed by atoms with Gasteiger partial charge in [0.1, 0.15) is 11.3 Å². The lowest BCUT2D eigenvalue weighted by Gasteiger charge is -2.07. The molecule has 68 valence electrons. The summed E-state index contributed by atoms with van der Waals surface area (Å²) in [5.74, 6) is 0.239. The average molecular weight is 177 g/mol. The second-order valence-electron chi connectivity index (χ2n) is 3.36. The van der Waals surface area contributed by atoms with Gasteiger partial charge in [-0.2, -0.15) is 0 Å². The largest absolute Gasteiger partial charge is 0.425 e. The topological polar surface area (TPSA) is 52.3 Å². The summed E-state index contributed by atoms with van der Waals surface area (Å²) in [6, 6.07) is 8.98. The van der Waals surface area contributed by atoms with E-state index in [4.69, 9.17) is 10.5 Å². The number of esters is 1. The fourth-order valence-electron chi connectivity index (χ4n) is 1.04. The van der Waals surface area contributed by atoms with Gasteiger partial charge in [-0.25, -0.2) is 4.79 Å². The molecule has 1 aromatic rings. The van der Waals surface area contributed by atoms with Crippen molar-refractivity contribution in [3.63, 3.8) is 0 Å². The Morgan fingerprint density at radius 3 is 2.46 bits per heavy atom. The maximum atomic E-state index is 11.3. The van der Waals surface area contributed by atoms with Crippen molar-refractivity contribution in [1.82, 2.24) is 0 Å². The third-order valence-electron chi connectivity index (χ3n) is 2.15. The van der Waals surface area contributed by atoms with Crippen LogP contribution in [0.25, 0.3) is 0 Å². The Morgan fingerprint density at radius 1 is 1.31 bits per heavy atom. The number of rotatable bonds is 2. The molecule has 0 spiro atoms. The number of carbonyl (C=O) groups excluding carboxylic acids is 1. The highest BCUT2D eigenvalue weighted by Gasteiger charge is 2.47. The molecule has 0 atom stereocenters. The van der Waals surface area contributed by atoms with Crippen LogP contribution in [0.2, 0.25) is 0 Å². The van der Waals surface area contributed by atoms with Crippen molar-refractivity contribution in [3.05, 3.63) is 30.3 Å². The van der Waals surface area contributed by atoms with Crippen LogP contribution < -0.4 is 10.5 Å². The molecule has 1 aliphatic rings. The molecule has 2 rings (SSSR count). The van der Waals surface area contributed by atoms with Gasteiger partial charge in [0.05, 0.1) is 0 Å². The molecular weight excluding hydrogens is 166 g/mol. The Balaban J connectivity index is 2.03. The monoisotopic (exact) mass is 177 g/mol. The Bertz CT molecular complexity index is 317. The molecule has 0 radical (unpaired) electrons. The molecule has 0 amide bonds. The lowest BCUT2D eigenvalue weighted by atomic mass is 10.3. The van der Waals surface area contributed by atoms with E-state index in [1.807, 2.05) is 18.2 Å². The van der Waals surface area contributed by atoms with Gasteiger partial charge >= 0.3 is 5.97 Å². The van der Waals surface area contributed by atoms with Gasteiger partial charge < -0.3 is 10.5 Å². The minimum Gasteiger partial charge on any atom is -0.425 e. The fourth-order valence-corrected chi connectivity index (χ4v) is 1.04. The third kappa shape index (κ3) is 1.70. The van der Waals surface area contributed by atoms with Crippen LogP contribution in [0.4, 0.5) is 0 Å². The summed E-state index contributed by atoms with van der Waals surface area (Å²) in [5, 5.41) is 0. The highest BCUT2D eigenvalue weighted by molar-refractivity contribution is 5.85. The van der Waals surface area contributed by atoms with E-state index in [9.17, 15) is 4.79 Å². The predicted molar refractivity (Wildman–Crippen MR) is 48.2 cm³/mol. The smallest absolute Gasteiger partial charge is 0.331 e. The van der Waals surface area contributed by atoms with Crippen LogP contribution in [0, 0.1) is 0 Å². The van der Waals surface area contributed by atoms with Gasteiger partial charge in [-0.15, -0.1) is 0 Å². The molecule has 0 bridgehead atoms. The molecule has 3 heteroatoms. The summed E-state index contributed by atoms with van der Waals surface area (Å²) in [5.41, 5.74) is 4.96. The van der Waals surface area contributed by atoms with Gasteiger partial charge in [-0.3, -0.25) is 0 Å². The molecule has 0 saturated heterocycles. The summed E-state index contributed by atoms with van der Waals surface area (Å²) in [4.78, 5) is 11.3. The molecule has 3 nitrogen and oxygen atoms in total. The van der Waals surface area contributed by atoms with Crippen molar-refractivity contribution >= 4 is 5.97 Å². The molecule has 13 heavy (non-hydrogen) atoms. The molecule has 1 saturated carbocycles. The second-order valence-corrected chi connectivity index (χ2v) is 3.36. The number of hydrogen-bond donors (Lipinski definition) is 1. The highest BCUT2D eigenvalue weighted by atomic mass is 16.5. The van der Waals surface area contributed by atoms with Crippen LogP contribution in [-0.4, -0.2) is 11.5 Å². The molecule has 0 unspecified atom stereocenters. The van der Waals surface area contributed by atoms with E-state index in [-0.39, 0.29) is 5.97 Å². The zero-order valence-electron chi connectivity index (χ0n) is 7.19. The number of nitrogens with two attached hydrogens (primary N) is 1. The standard InChI is InChI=1S/C10H11NO2/c11-10(6-7-10)9(12)13-8-4-2-1-3-5-8/h1-5H,6-7,11H2. The summed E-state index contributed by atoms with van der Waals surface area (Å²) in [7, 11) is 0. The number of benzene rings is 1. The van der Waals surface area contributed by atoms with Gasteiger partial charge in [0.15, 0.2) is 0 Å². The Labute approximate surface area is 76.5 Å². The van der Waals surface area contributed by atoms with Crippen LogP contribution >= 0.6 is 0 Å². The van der Waals surface area contributed by atoms with E-state index in [0.717, 1.165) is 12.8 Å². The summed E-state index contributed by atoms with van der Waals surface area (Å²) >= 11 is 0. The number of carbonyl (C=O) groups is 1. The highest BCUT2D eigenvalue weighted by Crippen LogP contribution is 2.33. The van der Waals surface area contributed by atoms with Crippen LogP contribution in [0.5, 0.6) is 5.75 Å². The van der Waals surface area contributed by atoms with Crippen molar-refractivity contribution in [2.45, 2.75) is 18.4 Å². The predicted octanol–water partition coefficient (Wildman–Crippen LogP) is 1.08. The van der Waals surface area contributed by atoms with Crippen LogP contribution in [0.15, 0.2) is 30.3 Å². The van der Waals surface area contributed by atoms with E-state index in [0.29, 0.717) is 5.75 Å². The van der Waals surface area contributed by atoms with Crippen molar-refractivity contribution in [1.29, 1.82) is 0 Å². The molecule has 0 aromatic heterocycles. The fraction of sp³-hybridized carbons (Fsp3) is 0.300. The normalized spacial score (nSPS) is 17.9. The first-order valence-electron chi connectivity index (χ1n) is 4.27. The van der Waals surface area contributed by atoms with E-state index >= 15 is 0 Å². The minimum absolute atomic E-state index is 0.321. The van der Waals surface area contributed by atoms with E-state index in [2.05, 4.69) is 0 Å². The van der Waals surface area contributed by atoms with Crippen molar-refractivity contribution in [2.75, 3.05) is 0 Å². The van der Waals surface area contributed by atoms with Gasteiger partial charge in [-0.1, -0.05) is 18.2 Å².